The van der Waals surface area contributed by atoms with E-state index in [0.717, 1.165) is 35.6 Å². The molecule has 4 rings (SSSR count). The van der Waals surface area contributed by atoms with E-state index in [1.165, 1.54) is 12.8 Å². The average molecular weight is 390 g/mol. The van der Waals surface area contributed by atoms with E-state index >= 15 is 0 Å². The summed E-state index contributed by atoms with van der Waals surface area (Å²) in [4.78, 5) is 24.5. The smallest absolute Gasteiger partial charge is 0.230 e. The van der Waals surface area contributed by atoms with Crippen LogP contribution < -0.4 is 10.6 Å². The van der Waals surface area contributed by atoms with E-state index < -0.39 is 0 Å². The van der Waals surface area contributed by atoms with Crippen LogP contribution in [-0.4, -0.2) is 31.5 Å². The van der Waals surface area contributed by atoms with Gasteiger partial charge in [0.15, 0.2) is 0 Å². The molecule has 0 radical (unpaired) electrons. The van der Waals surface area contributed by atoms with Crippen molar-refractivity contribution < 1.29 is 0 Å². The number of hydrogen-bond acceptors (Lipinski definition) is 7. The van der Waals surface area contributed by atoms with Crippen LogP contribution in [0.1, 0.15) is 39.3 Å². The van der Waals surface area contributed by atoms with Crippen LogP contribution in [0.4, 0.5) is 17.6 Å². The van der Waals surface area contributed by atoms with Gasteiger partial charge in [0.05, 0.1) is 11.4 Å². The third-order valence-corrected chi connectivity index (χ3v) is 4.83. The van der Waals surface area contributed by atoms with Gasteiger partial charge >= 0.3 is 0 Å². The number of pyridine rings is 1. The Bertz CT molecular complexity index is 978. The predicted octanol–water partition coefficient (Wildman–Crippen LogP) is 4.05. The van der Waals surface area contributed by atoms with Crippen molar-refractivity contribution in [1.29, 1.82) is 0 Å². The number of rotatable bonds is 6. The number of nitrogen functional groups attached to an aromatic ring is 1. The SMILES string of the molecule is CC(C)(C)CN(c1ccncc1)c1nccc(-c2cnc(N)nc2CC2CC2)n1. The van der Waals surface area contributed by atoms with Gasteiger partial charge < -0.3 is 10.6 Å². The Hall–Kier alpha value is -3.09. The molecule has 0 amide bonds. The van der Waals surface area contributed by atoms with Crippen molar-refractivity contribution in [2.75, 3.05) is 17.2 Å². The van der Waals surface area contributed by atoms with Crippen molar-refractivity contribution in [3.8, 4) is 11.3 Å². The summed E-state index contributed by atoms with van der Waals surface area (Å²) >= 11 is 0. The average Bonchev–Trinajstić information content (AvgIpc) is 3.50. The first-order chi connectivity index (χ1) is 13.9. The molecule has 3 heterocycles. The first-order valence-corrected chi connectivity index (χ1v) is 10.0. The fourth-order valence-corrected chi connectivity index (χ4v) is 3.30. The van der Waals surface area contributed by atoms with Crippen LogP contribution in [0.3, 0.4) is 0 Å². The highest BCUT2D eigenvalue weighted by molar-refractivity contribution is 5.65. The van der Waals surface area contributed by atoms with Gasteiger partial charge in [0.25, 0.3) is 0 Å². The predicted molar refractivity (Wildman–Crippen MR) is 115 cm³/mol. The van der Waals surface area contributed by atoms with E-state index in [9.17, 15) is 0 Å². The summed E-state index contributed by atoms with van der Waals surface area (Å²) in [5, 5.41) is 0. The summed E-state index contributed by atoms with van der Waals surface area (Å²) in [7, 11) is 0. The molecule has 0 atom stereocenters. The lowest BCUT2D eigenvalue weighted by atomic mass is 9.96. The summed E-state index contributed by atoms with van der Waals surface area (Å²) in [5.74, 6) is 1.65. The third kappa shape index (κ3) is 4.85. The number of nitrogens with two attached hydrogens (primary N) is 1. The molecule has 3 aromatic heterocycles. The highest BCUT2D eigenvalue weighted by atomic mass is 15.3. The highest BCUT2D eigenvalue weighted by Gasteiger charge is 2.25. The van der Waals surface area contributed by atoms with Gasteiger partial charge in [-0.25, -0.2) is 19.9 Å². The number of aromatic nitrogens is 5. The molecule has 7 nitrogen and oxygen atoms in total. The zero-order chi connectivity index (χ0) is 20.4. The molecule has 150 valence electrons. The summed E-state index contributed by atoms with van der Waals surface area (Å²) in [6, 6.07) is 5.87. The Morgan fingerprint density at radius 1 is 1.03 bits per heavy atom. The first-order valence-electron chi connectivity index (χ1n) is 10.0. The molecule has 1 saturated carbocycles. The molecular weight excluding hydrogens is 362 g/mol. The van der Waals surface area contributed by atoms with Gasteiger partial charge in [-0.3, -0.25) is 4.98 Å². The van der Waals surface area contributed by atoms with E-state index in [4.69, 9.17) is 10.7 Å². The monoisotopic (exact) mass is 389 g/mol. The lowest BCUT2D eigenvalue weighted by molar-refractivity contribution is 0.422. The Morgan fingerprint density at radius 2 is 1.79 bits per heavy atom. The van der Waals surface area contributed by atoms with E-state index in [-0.39, 0.29) is 5.41 Å². The van der Waals surface area contributed by atoms with Crippen LogP contribution in [0.25, 0.3) is 11.3 Å². The molecule has 1 aliphatic rings. The van der Waals surface area contributed by atoms with Crippen molar-refractivity contribution in [1.82, 2.24) is 24.9 Å². The fourth-order valence-electron chi connectivity index (χ4n) is 3.30. The van der Waals surface area contributed by atoms with E-state index in [0.29, 0.717) is 17.8 Å². The number of nitrogens with zero attached hydrogens (tertiary/aromatic N) is 6. The van der Waals surface area contributed by atoms with Crippen LogP contribution in [-0.2, 0) is 6.42 Å². The molecule has 1 fully saturated rings. The van der Waals surface area contributed by atoms with Crippen molar-refractivity contribution in [3.63, 3.8) is 0 Å². The van der Waals surface area contributed by atoms with Crippen molar-refractivity contribution in [2.45, 2.75) is 40.0 Å². The van der Waals surface area contributed by atoms with E-state index in [1.54, 1.807) is 24.8 Å². The minimum atomic E-state index is 0.0596. The topological polar surface area (TPSA) is 93.7 Å². The quantitative estimate of drug-likeness (QED) is 0.680. The molecule has 1 aliphatic carbocycles. The zero-order valence-corrected chi connectivity index (χ0v) is 17.2. The van der Waals surface area contributed by atoms with Crippen molar-refractivity contribution in [3.05, 3.63) is 48.7 Å². The first kappa shape index (κ1) is 19.2. The molecule has 7 heteroatoms. The maximum absolute atomic E-state index is 5.86. The molecule has 0 aliphatic heterocycles. The van der Waals surface area contributed by atoms with Gasteiger partial charge in [0.2, 0.25) is 11.9 Å². The van der Waals surface area contributed by atoms with Crippen LogP contribution >= 0.6 is 0 Å². The summed E-state index contributed by atoms with van der Waals surface area (Å²) in [6.07, 6.45) is 10.6. The zero-order valence-electron chi connectivity index (χ0n) is 17.2. The summed E-state index contributed by atoms with van der Waals surface area (Å²) in [5.41, 5.74) is 9.65. The normalized spacial score (nSPS) is 14.0. The van der Waals surface area contributed by atoms with Crippen LogP contribution in [0.2, 0.25) is 0 Å². The lowest BCUT2D eigenvalue weighted by Gasteiger charge is -2.30. The van der Waals surface area contributed by atoms with Gasteiger partial charge in [-0.15, -0.1) is 0 Å². The number of anilines is 3. The molecule has 2 N–H and O–H groups in total. The minimum Gasteiger partial charge on any atom is -0.368 e. The van der Waals surface area contributed by atoms with Gasteiger partial charge in [0.1, 0.15) is 0 Å². The maximum atomic E-state index is 5.86. The Kier molecular flexibility index (Phi) is 5.13. The second-order valence-electron chi connectivity index (χ2n) is 8.83. The third-order valence-electron chi connectivity index (χ3n) is 4.83. The minimum absolute atomic E-state index is 0.0596. The van der Waals surface area contributed by atoms with Crippen LogP contribution in [0.15, 0.2) is 43.0 Å². The van der Waals surface area contributed by atoms with Crippen LogP contribution in [0, 0.1) is 11.3 Å². The van der Waals surface area contributed by atoms with Gasteiger partial charge in [-0.05, 0) is 48.8 Å². The standard InChI is InChI=1S/C22H27N7/c1-22(2,3)14-29(16-6-9-24-10-7-16)21-25-11-8-18(28-21)17-13-26-20(23)27-19(17)12-15-4-5-15/h6-11,13,15H,4-5,12,14H2,1-3H3,(H2,23,26,27). The molecule has 0 spiro atoms. The largest absolute Gasteiger partial charge is 0.368 e. The van der Waals surface area contributed by atoms with Crippen LogP contribution in [0.5, 0.6) is 0 Å². The second-order valence-corrected chi connectivity index (χ2v) is 8.83. The second kappa shape index (κ2) is 7.73. The highest BCUT2D eigenvalue weighted by Crippen LogP contribution is 2.35. The maximum Gasteiger partial charge on any atom is 0.230 e. The Balaban J connectivity index is 1.74. The summed E-state index contributed by atoms with van der Waals surface area (Å²) < 4.78 is 0. The molecule has 29 heavy (non-hydrogen) atoms. The number of hydrogen-bond donors (Lipinski definition) is 1. The summed E-state index contributed by atoms with van der Waals surface area (Å²) in [6.45, 7) is 7.37. The molecule has 0 saturated heterocycles. The van der Waals surface area contributed by atoms with Gasteiger partial charge in [-0.1, -0.05) is 20.8 Å². The lowest BCUT2D eigenvalue weighted by Crippen LogP contribution is -2.30. The van der Waals surface area contributed by atoms with Gasteiger partial charge in [-0.2, -0.15) is 0 Å². The van der Waals surface area contributed by atoms with Crippen molar-refractivity contribution >= 4 is 17.6 Å². The van der Waals surface area contributed by atoms with Gasteiger partial charge in [0, 0.05) is 42.6 Å². The molecule has 0 bridgehead atoms. The fraction of sp³-hybridized carbons (Fsp3) is 0.409. The Labute approximate surface area is 171 Å². The molecule has 0 unspecified atom stereocenters. The molecule has 3 aromatic rings. The molecule has 0 aromatic carbocycles. The molecular formula is C22H27N7. The Morgan fingerprint density at radius 3 is 2.48 bits per heavy atom. The van der Waals surface area contributed by atoms with E-state index in [2.05, 4.69) is 45.6 Å². The van der Waals surface area contributed by atoms with E-state index in [1.807, 2.05) is 18.2 Å². The van der Waals surface area contributed by atoms with Crippen molar-refractivity contribution in [2.24, 2.45) is 11.3 Å².